The first-order valence-corrected chi connectivity index (χ1v) is 14.0. The smallest absolute Gasteiger partial charge is 0.335 e. The highest BCUT2D eigenvalue weighted by Gasteiger charge is 2.23. The average molecular weight is 471 g/mol. The molecule has 0 aliphatic heterocycles. The van der Waals surface area contributed by atoms with Crippen molar-refractivity contribution in [3.8, 4) is 0 Å². The number of carbonyl (C=O) groups is 2. The van der Waals surface area contributed by atoms with Gasteiger partial charge in [-0.2, -0.15) is 0 Å². The zero-order valence-corrected chi connectivity index (χ0v) is 22.2. The monoisotopic (exact) mass is 470 g/mol. The maximum absolute atomic E-state index is 12.2. The van der Waals surface area contributed by atoms with E-state index in [1.54, 1.807) is 0 Å². The topological polar surface area (TPSA) is 72.8 Å². The molecule has 0 bridgehead atoms. The van der Waals surface area contributed by atoms with E-state index in [0.717, 1.165) is 64.2 Å². The number of ether oxygens (including phenoxy) is 2. The molecule has 0 aliphatic rings. The molecule has 33 heavy (non-hydrogen) atoms. The molecule has 0 radical (unpaired) electrons. The van der Waals surface area contributed by atoms with Crippen molar-refractivity contribution in [3.63, 3.8) is 0 Å². The molecule has 3 unspecified atom stereocenters. The fourth-order valence-electron chi connectivity index (χ4n) is 4.13. The van der Waals surface area contributed by atoms with Gasteiger partial charge in [-0.25, -0.2) is 4.79 Å². The Morgan fingerprint density at radius 2 is 1.03 bits per heavy atom. The highest BCUT2D eigenvalue weighted by molar-refractivity contribution is 5.81. The molecule has 0 rings (SSSR count). The molecule has 0 aromatic rings. The molecular formula is C28H54O5. The number of aliphatic hydroxyl groups excluding tert-OH is 1. The fraction of sp³-hybridized carbons (Fsp3) is 0.929. The first kappa shape index (κ1) is 31.9. The number of hydrogen-bond donors (Lipinski definition) is 1. The first-order valence-electron chi connectivity index (χ1n) is 14.0. The summed E-state index contributed by atoms with van der Waals surface area (Å²) in [5.74, 6) is -0.528. The normalized spacial score (nSPS) is 14.0. The van der Waals surface area contributed by atoms with Crippen LogP contribution in [0.1, 0.15) is 137 Å². The van der Waals surface area contributed by atoms with Gasteiger partial charge in [0.1, 0.15) is 0 Å². The van der Waals surface area contributed by atoms with Crippen LogP contribution >= 0.6 is 0 Å². The third-order valence-electron chi connectivity index (χ3n) is 6.44. The lowest BCUT2D eigenvalue weighted by atomic mass is 9.96. The Kier molecular flexibility index (Phi) is 21.9. The van der Waals surface area contributed by atoms with Crippen LogP contribution in [0.4, 0.5) is 0 Å². The molecule has 0 aliphatic carbocycles. The fourth-order valence-corrected chi connectivity index (χ4v) is 4.13. The predicted molar refractivity (Wildman–Crippen MR) is 136 cm³/mol. The van der Waals surface area contributed by atoms with E-state index < -0.39 is 18.0 Å². The molecule has 5 heteroatoms. The maximum atomic E-state index is 12.2. The standard InChI is InChI=1S/C28H54O5/c1-5-9-13-15-19-24(17-11-7-3)22-32-27(30)21-26(29)28(31)33-23-25(18-12-8-4)20-16-14-10-6-2/h24-26,29H,5-23H2,1-4H3. The van der Waals surface area contributed by atoms with Crippen molar-refractivity contribution in [2.24, 2.45) is 11.8 Å². The van der Waals surface area contributed by atoms with E-state index in [1.807, 2.05) is 0 Å². The summed E-state index contributed by atoms with van der Waals surface area (Å²) in [6.07, 6.45) is 16.5. The number of esters is 2. The summed E-state index contributed by atoms with van der Waals surface area (Å²) in [7, 11) is 0. The lowest BCUT2D eigenvalue weighted by molar-refractivity contribution is -0.161. The average Bonchev–Trinajstić information content (AvgIpc) is 2.81. The lowest BCUT2D eigenvalue weighted by Crippen LogP contribution is -2.29. The van der Waals surface area contributed by atoms with Gasteiger partial charge < -0.3 is 14.6 Å². The Morgan fingerprint density at radius 3 is 1.48 bits per heavy atom. The number of unbranched alkanes of at least 4 members (excludes halogenated alkanes) is 8. The molecule has 0 heterocycles. The van der Waals surface area contributed by atoms with Crippen molar-refractivity contribution in [1.29, 1.82) is 0 Å². The molecule has 3 atom stereocenters. The number of carbonyl (C=O) groups excluding carboxylic acids is 2. The molecular weight excluding hydrogens is 416 g/mol. The van der Waals surface area contributed by atoms with Gasteiger partial charge in [0, 0.05) is 0 Å². The largest absolute Gasteiger partial charge is 0.465 e. The number of hydrogen-bond acceptors (Lipinski definition) is 5. The van der Waals surface area contributed by atoms with Crippen molar-refractivity contribution < 1.29 is 24.2 Å². The zero-order valence-electron chi connectivity index (χ0n) is 22.2. The van der Waals surface area contributed by atoms with Crippen LogP contribution in [0.15, 0.2) is 0 Å². The number of rotatable bonds is 23. The van der Waals surface area contributed by atoms with Crippen LogP contribution in [0, 0.1) is 11.8 Å². The summed E-state index contributed by atoms with van der Waals surface area (Å²) in [5, 5.41) is 10.2. The van der Waals surface area contributed by atoms with Crippen LogP contribution in [0.3, 0.4) is 0 Å². The molecule has 0 amide bonds. The second-order valence-electron chi connectivity index (χ2n) is 9.75. The van der Waals surface area contributed by atoms with E-state index in [0.29, 0.717) is 25.0 Å². The predicted octanol–water partition coefficient (Wildman–Crippen LogP) is 7.38. The van der Waals surface area contributed by atoms with E-state index in [-0.39, 0.29) is 6.42 Å². The van der Waals surface area contributed by atoms with E-state index in [9.17, 15) is 14.7 Å². The molecule has 0 spiro atoms. The van der Waals surface area contributed by atoms with Crippen LogP contribution in [0.25, 0.3) is 0 Å². The van der Waals surface area contributed by atoms with Crippen LogP contribution in [0.2, 0.25) is 0 Å². The van der Waals surface area contributed by atoms with Crippen LogP contribution in [-0.2, 0) is 19.1 Å². The van der Waals surface area contributed by atoms with Crippen LogP contribution in [0.5, 0.6) is 0 Å². The third kappa shape index (κ3) is 19.0. The van der Waals surface area contributed by atoms with Crippen molar-refractivity contribution >= 4 is 11.9 Å². The Bertz CT molecular complexity index is 465. The lowest BCUT2D eigenvalue weighted by Gasteiger charge is -2.19. The second kappa shape index (κ2) is 22.7. The van der Waals surface area contributed by atoms with Crippen molar-refractivity contribution in [2.75, 3.05) is 13.2 Å². The summed E-state index contributed by atoms with van der Waals surface area (Å²) >= 11 is 0. The van der Waals surface area contributed by atoms with E-state index >= 15 is 0 Å². The molecule has 196 valence electrons. The first-order chi connectivity index (χ1) is 16.0. The highest BCUT2D eigenvalue weighted by Crippen LogP contribution is 2.20. The highest BCUT2D eigenvalue weighted by atomic mass is 16.6. The van der Waals surface area contributed by atoms with Gasteiger partial charge in [0.2, 0.25) is 0 Å². The SMILES string of the molecule is CCCCCCC(CCCC)COC(=O)CC(O)C(=O)OCC(CCCC)CCCCCC. The Labute approximate surface area is 204 Å². The summed E-state index contributed by atoms with van der Waals surface area (Å²) in [4.78, 5) is 24.4. The van der Waals surface area contributed by atoms with Gasteiger partial charge in [-0.05, 0) is 37.5 Å². The minimum atomic E-state index is -1.44. The van der Waals surface area contributed by atoms with E-state index in [4.69, 9.17) is 9.47 Å². The summed E-state index contributed by atoms with van der Waals surface area (Å²) in [6, 6.07) is 0. The Hall–Kier alpha value is -1.10. The minimum Gasteiger partial charge on any atom is -0.465 e. The molecule has 0 aromatic carbocycles. The van der Waals surface area contributed by atoms with Crippen LogP contribution < -0.4 is 0 Å². The Morgan fingerprint density at radius 1 is 0.606 bits per heavy atom. The Balaban J connectivity index is 4.35. The van der Waals surface area contributed by atoms with Crippen molar-refractivity contribution in [1.82, 2.24) is 0 Å². The van der Waals surface area contributed by atoms with Gasteiger partial charge in [-0.3, -0.25) is 4.79 Å². The molecule has 1 N–H and O–H groups in total. The van der Waals surface area contributed by atoms with E-state index in [1.165, 1.54) is 38.5 Å². The van der Waals surface area contributed by atoms with Gasteiger partial charge in [0.05, 0.1) is 19.6 Å². The quantitative estimate of drug-likeness (QED) is 0.125. The summed E-state index contributed by atoms with van der Waals surface area (Å²) in [5.41, 5.74) is 0. The van der Waals surface area contributed by atoms with Gasteiger partial charge >= 0.3 is 11.9 Å². The zero-order chi connectivity index (χ0) is 24.7. The van der Waals surface area contributed by atoms with E-state index in [2.05, 4.69) is 27.7 Å². The van der Waals surface area contributed by atoms with Gasteiger partial charge in [0.25, 0.3) is 0 Å². The molecule has 0 saturated heterocycles. The van der Waals surface area contributed by atoms with Gasteiger partial charge in [-0.15, -0.1) is 0 Å². The summed E-state index contributed by atoms with van der Waals surface area (Å²) in [6.45, 7) is 9.43. The molecule has 0 saturated carbocycles. The summed E-state index contributed by atoms with van der Waals surface area (Å²) < 4.78 is 10.8. The van der Waals surface area contributed by atoms with Gasteiger partial charge in [0.15, 0.2) is 6.10 Å². The molecule has 0 aromatic heterocycles. The second-order valence-corrected chi connectivity index (χ2v) is 9.75. The minimum absolute atomic E-state index is 0.327. The van der Waals surface area contributed by atoms with Crippen LogP contribution in [-0.4, -0.2) is 36.4 Å². The molecule has 0 fully saturated rings. The number of aliphatic hydroxyl groups is 1. The van der Waals surface area contributed by atoms with Crippen molar-refractivity contribution in [2.45, 2.75) is 143 Å². The molecule has 5 nitrogen and oxygen atoms in total. The van der Waals surface area contributed by atoms with Gasteiger partial charge in [-0.1, -0.05) is 105 Å². The maximum Gasteiger partial charge on any atom is 0.335 e. The van der Waals surface area contributed by atoms with Crippen molar-refractivity contribution in [3.05, 3.63) is 0 Å². The third-order valence-corrected chi connectivity index (χ3v) is 6.44.